The van der Waals surface area contributed by atoms with E-state index >= 15 is 0 Å². The predicted octanol–water partition coefficient (Wildman–Crippen LogP) is 3.56. The number of nitrogens with zero attached hydrogens (tertiary/aromatic N) is 1. The summed E-state index contributed by atoms with van der Waals surface area (Å²) in [6.07, 6.45) is -2.76. The summed E-state index contributed by atoms with van der Waals surface area (Å²) in [4.78, 5) is 13.8. The Hall–Kier alpha value is -1.76. The van der Waals surface area contributed by atoms with Crippen LogP contribution in [0.4, 0.5) is 23.7 Å². The molecule has 2 rings (SSSR count). The maximum atomic E-state index is 12.9. The Labute approximate surface area is 134 Å². The second-order valence-electron chi connectivity index (χ2n) is 5.71. The Kier molecular flexibility index (Phi) is 5.87. The zero-order valence-corrected chi connectivity index (χ0v) is 13.1. The Morgan fingerprint density at radius 3 is 2.52 bits per heavy atom. The van der Waals surface area contributed by atoms with Crippen molar-refractivity contribution in [2.75, 3.05) is 31.5 Å². The van der Waals surface area contributed by atoms with E-state index in [0.717, 1.165) is 32.0 Å². The maximum Gasteiger partial charge on any atom is 0.418 e. The molecule has 0 aromatic heterocycles. The number of rotatable bonds is 4. The second-order valence-corrected chi connectivity index (χ2v) is 5.71. The molecular weight excluding hydrogens is 307 g/mol. The summed E-state index contributed by atoms with van der Waals surface area (Å²) in [5.41, 5.74) is -1.02. The van der Waals surface area contributed by atoms with Gasteiger partial charge in [0.25, 0.3) is 0 Å². The van der Waals surface area contributed by atoms with E-state index in [9.17, 15) is 18.0 Å². The molecule has 1 aliphatic heterocycles. The highest BCUT2D eigenvalue weighted by molar-refractivity contribution is 5.90. The molecule has 1 aromatic rings. The monoisotopic (exact) mass is 329 g/mol. The zero-order valence-electron chi connectivity index (χ0n) is 13.1. The molecule has 4 nitrogen and oxygen atoms in total. The molecule has 0 spiro atoms. The zero-order chi connectivity index (χ0) is 16.9. The van der Waals surface area contributed by atoms with Gasteiger partial charge < -0.3 is 15.5 Å². The Balaban J connectivity index is 1.94. The van der Waals surface area contributed by atoms with Crippen molar-refractivity contribution < 1.29 is 18.0 Å². The van der Waals surface area contributed by atoms with Crippen LogP contribution in [0.2, 0.25) is 0 Å². The topological polar surface area (TPSA) is 44.4 Å². The van der Waals surface area contributed by atoms with Crippen molar-refractivity contribution >= 4 is 11.7 Å². The summed E-state index contributed by atoms with van der Waals surface area (Å²) in [6.45, 7) is 5.00. The van der Waals surface area contributed by atoms with E-state index in [4.69, 9.17) is 0 Å². The van der Waals surface area contributed by atoms with Gasteiger partial charge in [-0.3, -0.25) is 0 Å². The van der Waals surface area contributed by atoms with E-state index < -0.39 is 17.8 Å². The van der Waals surface area contributed by atoms with E-state index in [1.807, 2.05) is 6.92 Å². The SMILES string of the molecule is CCNCC1CCN(C(=O)Nc2ccccc2C(F)(F)F)CC1. The van der Waals surface area contributed by atoms with Gasteiger partial charge in [0, 0.05) is 13.1 Å². The number of piperidine rings is 1. The van der Waals surface area contributed by atoms with Crippen LogP contribution in [0.3, 0.4) is 0 Å². The number of urea groups is 1. The van der Waals surface area contributed by atoms with Gasteiger partial charge in [0.15, 0.2) is 0 Å². The molecule has 0 bridgehead atoms. The third-order valence-electron chi connectivity index (χ3n) is 4.06. The number of amides is 2. The molecular formula is C16H22F3N3O. The lowest BCUT2D eigenvalue weighted by Gasteiger charge is -2.32. The molecule has 0 unspecified atom stereocenters. The van der Waals surface area contributed by atoms with Gasteiger partial charge in [-0.05, 0) is 44.0 Å². The van der Waals surface area contributed by atoms with E-state index in [2.05, 4.69) is 10.6 Å². The number of halogens is 3. The van der Waals surface area contributed by atoms with Crippen LogP contribution in [0.15, 0.2) is 24.3 Å². The second kappa shape index (κ2) is 7.68. The normalized spacial score (nSPS) is 16.4. The number of anilines is 1. The molecule has 1 saturated heterocycles. The number of hydrogen-bond donors (Lipinski definition) is 2. The first-order valence-electron chi connectivity index (χ1n) is 7.84. The van der Waals surface area contributed by atoms with Gasteiger partial charge in [-0.1, -0.05) is 19.1 Å². The third-order valence-corrected chi connectivity index (χ3v) is 4.06. The van der Waals surface area contributed by atoms with Gasteiger partial charge >= 0.3 is 12.2 Å². The summed E-state index contributed by atoms with van der Waals surface area (Å²) in [6, 6.07) is 4.57. The minimum atomic E-state index is -4.48. The van der Waals surface area contributed by atoms with Gasteiger partial charge in [-0.15, -0.1) is 0 Å². The van der Waals surface area contributed by atoms with Crippen molar-refractivity contribution in [3.8, 4) is 0 Å². The molecule has 0 radical (unpaired) electrons. The van der Waals surface area contributed by atoms with Crippen LogP contribution in [-0.2, 0) is 6.18 Å². The number of carbonyl (C=O) groups is 1. The Morgan fingerprint density at radius 1 is 1.26 bits per heavy atom. The van der Waals surface area contributed by atoms with E-state index in [1.165, 1.54) is 18.2 Å². The maximum absolute atomic E-state index is 12.9. The first-order valence-corrected chi connectivity index (χ1v) is 7.84. The predicted molar refractivity (Wildman–Crippen MR) is 83.3 cm³/mol. The lowest BCUT2D eigenvalue weighted by Crippen LogP contribution is -2.43. The number of likely N-dealkylation sites (tertiary alicyclic amines) is 1. The summed E-state index contributed by atoms with van der Waals surface area (Å²) in [5.74, 6) is 0.515. The van der Waals surface area contributed by atoms with Crippen LogP contribution in [0.1, 0.15) is 25.3 Å². The highest BCUT2D eigenvalue weighted by Gasteiger charge is 2.34. The van der Waals surface area contributed by atoms with Crippen LogP contribution in [-0.4, -0.2) is 37.1 Å². The minimum Gasteiger partial charge on any atom is -0.325 e. The Bertz CT molecular complexity index is 526. The molecule has 128 valence electrons. The molecule has 1 aliphatic rings. The van der Waals surface area contributed by atoms with E-state index in [1.54, 1.807) is 4.90 Å². The van der Waals surface area contributed by atoms with Crippen LogP contribution < -0.4 is 10.6 Å². The number of alkyl halides is 3. The first kappa shape index (κ1) is 17.6. The fourth-order valence-electron chi connectivity index (χ4n) is 2.72. The fraction of sp³-hybridized carbons (Fsp3) is 0.562. The van der Waals surface area contributed by atoms with Crippen LogP contribution in [0.5, 0.6) is 0 Å². The molecule has 7 heteroatoms. The summed E-state index contributed by atoms with van der Waals surface area (Å²) < 4.78 is 38.8. The average Bonchev–Trinajstić information content (AvgIpc) is 2.53. The molecule has 23 heavy (non-hydrogen) atoms. The number of hydrogen-bond acceptors (Lipinski definition) is 2. The molecule has 2 amide bonds. The van der Waals surface area contributed by atoms with Gasteiger partial charge in [-0.25, -0.2) is 4.79 Å². The van der Waals surface area contributed by atoms with Gasteiger partial charge in [0.2, 0.25) is 0 Å². The quantitative estimate of drug-likeness (QED) is 0.887. The van der Waals surface area contributed by atoms with E-state index in [-0.39, 0.29) is 5.69 Å². The largest absolute Gasteiger partial charge is 0.418 e. The van der Waals surface area contributed by atoms with Crippen LogP contribution in [0, 0.1) is 5.92 Å². The van der Waals surface area contributed by atoms with Crippen LogP contribution in [0.25, 0.3) is 0 Å². The lowest BCUT2D eigenvalue weighted by molar-refractivity contribution is -0.136. The first-order chi connectivity index (χ1) is 10.9. The summed E-state index contributed by atoms with van der Waals surface area (Å²) in [7, 11) is 0. The summed E-state index contributed by atoms with van der Waals surface area (Å²) >= 11 is 0. The van der Waals surface area contributed by atoms with Crippen LogP contribution >= 0.6 is 0 Å². The van der Waals surface area contributed by atoms with Crippen molar-refractivity contribution in [1.82, 2.24) is 10.2 Å². The number of benzene rings is 1. The fourth-order valence-corrected chi connectivity index (χ4v) is 2.72. The van der Waals surface area contributed by atoms with Crippen molar-refractivity contribution in [2.45, 2.75) is 25.9 Å². The standard InChI is InChI=1S/C16H22F3N3O/c1-2-20-11-12-7-9-22(10-8-12)15(23)21-14-6-4-3-5-13(14)16(17,18)19/h3-6,12,20H,2,7-11H2,1H3,(H,21,23). The van der Waals surface area contributed by atoms with Gasteiger partial charge in [-0.2, -0.15) is 13.2 Å². The Morgan fingerprint density at radius 2 is 1.91 bits per heavy atom. The molecule has 0 atom stereocenters. The van der Waals surface area contributed by atoms with Gasteiger partial charge in [0.1, 0.15) is 0 Å². The number of nitrogens with one attached hydrogen (secondary N) is 2. The van der Waals surface area contributed by atoms with Gasteiger partial charge in [0.05, 0.1) is 11.3 Å². The third kappa shape index (κ3) is 4.86. The molecule has 1 aromatic carbocycles. The van der Waals surface area contributed by atoms with E-state index in [0.29, 0.717) is 19.0 Å². The van der Waals surface area contributed by atoms with Crippen molar-refractivity contribution in [2.24, 2.45) is 5.92 Å². The summed E-state index contributed by atoms with van der Waals surface area (Å²) in [5, 5.41) is 5.68. The van der Waals surface area contributed by atoms with Crippen molar-refractivity contribution in [1.29, 1.82) is 0 Å². The number of para-hydroxylation sites is 1. The molecule has 0 saturated carbocycles. The highest BCUT2D eigenvalue weighted by atomic mass is 19.4. The minimum absolute atomic E-state index is 0.195. The smallest absolute Gasteiger partial charge is 0.325 e. The molecule has 1 fully saturated rings. The van der Waals surface area contributed by atoms with Crippen molar-refractivity contribution in [3.63, 3.8) is 0 Å². The lowest BCUT2D eigenvalue weighted by atomic mass is 9.97. The number of carbonyl (C=O) groups excluding carboxylic acids is 1. The molecule has 1 heterocycles. The molecule has 2 N–H and O–H groups in total. The average molecular weight is 329 g/mol. The molecule has 0 aliphatic carbocycles. The highest BCUT2D eigenvalue weighted by Crippen LogP contribution is 2.34. The van der Waals surface area contributed by atoms with Crippen molar-refractivity contribution in [3.05, 3.63) is 29.8 Å².